The highest BCUT2D eigenvalue weighted by Crippen LogP contribution is 2.27. The Hall–Kier alpha value is -1.68. The quantitative estimate of drug-likeness (QED) is 0.908. The molecular weight excluding hydrogens is 238 g/mol. The summed E-state index contributed by atoms with van der Waals surface area (Å²) in [5, 5.41) is 3.93. The average molecular weight is 252 g/mol. The van der Waals surface area contributed by atoms with Crippen LogP contribution in [0.3, 0.4) is 0 Å². The molecule has 0 atom stereocenters. The number of ether oxygens (including phenoxy) is 1. The normalized spacial score (nSPS) is 10.3. The fourth-order valence-electron chi connectivity index (χ4n) is 1.56. The van der Waals surface area contributed by atoms with Crippen LogP contribution in [0.2, 0.25) is 5.02 Å². The van der Waals surface area contributed by atoms with Crippen molar-refractivity contribution in [2.24, 2.45) is 7.05 Å². The molecule has 17 heavy (non-hydrogen) atoms. The summed E-state index contributed by atoms with van der Waals surface area (Å²) in [6.45, 7) is 0.625. The number of aromatic nitrogens is 2. The molecule has 0 aliphatic heterocycles. The van der Waals surface area contributed by atoms with Gasteiger partial charge in [-0.15, -0.1) is 0 Å². The molecule has 1 N–H and O–H groups in total. The topological polar surface area (TPSA) is 39.1 Å². The van der Waals surface area contributed by atoms with Gasteiger partial charge in [0.05, 0.1) is 19.3 Å². The molecule has 5 heteroatoms. The number of nitrogens with one attached hydrogen (secondary N) is 1. The van der Waals surface area contributed by atoms with Crippen LogP contribution >= 0.6 is 11.6 Å². The van der Waals surface area contributed by atoms with Crippen LogP contribution in [-0.2, 0) is 13.6 Å². The summed E-state index contributed by atoms with van der Waals surface area (Å²) < 4.78 is 7.21. The molecular formula is C12H14ClN3O. The summed E-state index contributed by atoms with van der Waals surface area (Å²) in [4.78, 5) is 4.24. The van der Waals surface area contributed by atoms with Gasteiger partial charge in [-0.25, -0.2) is 4.98 Å². The number of halogens is 1. The van der Waals surface area contributed by atoms with Crippen molar-refractivity contribution in [1.82, 2.24) is 9.55 Å². The van der Waals surface area contributed by atoms with Crippen molar-refractivity contribution in [3.05, 3.63) is 41.4 Å². The molecule has 0 bridgehead atoms. The molecule has 0 saturated heterocycles. The molecule has 0 saturated carbocycles. The third kappa shape index (κ3) is 2.71. The number of aryl methyl sites for hydroxylation is 1. The number of anilines is 1. The van der Waals surface area contributed by atoms with Crippen molar-refractivity contribution in [3.63, 3.8) is 0 Å². The molecule has 4 nitrogen and oxygen atoms in total. The van der Waals surface area contributed by atoms with Gasteiger partial charge in [0, 0.05) is 24.5 Å². The number of methoxy groups -OCH3 is 1. The number of hydrogen-bond donors (Lipinski definition) is 1. The SMILES string of the molecule is COc1ccc(Cl)cc1NCc1nccn1C. The minimum atomic E-state index is 0.625. The average Bonchev–Trinajstić information content (AvgIpc) is 2.72. The van der Waals surface area contributed by atoms with Gasteiger partial charge < -0.3 is 14.6 Å². The predicted octanol–water partition coefficient (Wildman–Crippen LogP) is 2.69. The van der Waals surface area contributed by atoms with Crippen molar-refractivity contribution in [2.75, 3.05) is 12.4 Å². The smallest absolute Gasteiger partial charge is 0.142 e. The Bertz CT molecular complexity index is 510. The van der Waals surface area contributed by atoms with Crippen molar-refractivity contribution in [3.8, 4) is 5.75 Å². The lowest BCUT2D eigenvalue weighted by Crippen LogP contribution is -2.06. The zero-order chi connectivity index (χ0) is 12.3. The van der Waals surface area contributed by atoms with Gasteiger partial charge in [0.25, 0.3) is 0 Å². The number of nitrogens with zero attached hydrogens (tertiary/aromatic N) is 2. The number of hydrogen-bond acceptors (Lipinski definition) is 3. The van der Waals surface area contributed by atoms with Crippen LogP contribution < -0.4 is 10.1 Å². The van der Waals surface area contributed by atoms with E-state index in [1.54, 1.807) is 19.4 Å². The molecule has 0 radical (unpaired) electrons. The molecule has 2 aromatic rings. The second-order valence-electron chi connectivity index (χ2n) is 3.65. The van der Waals surface area contributed by atoms with E-state index in [-0.39, 0.29) is 0 Å². The minimum Gasteiger partial charge on any atom is -0.495 e. The first-order valence-corrected chi connectivity index (χ1v) is 5.62. The molecule has 1 heterocycles. The van der Waals surface area contributed by atoms with Crippen LogP contribution in [0.25, 0.3) is 0 Å². The molecule has 0 amide bonds. The fraction of sp³-hybridized carbons (Fsp3) is 0.250. The zero-order valence-corrected chi connectivity index (χ0v) is 10.5. The highest BCUT2D eigenvalue weighted by molar-refractivity contribution is 6.30. The Balaban J connectivity index is 2.13. The van der Waals surface area contributed by atoms with Crippen LogP contribution in [0.4, 0.5) is 5.69 Å². The van der Waals surface area contributed by atoms with E-state index in [4.69, 9.17) is 16.3 Å². The zero-order valence-electron chi connectivity index (χ0n) is 9.77. The number of rotatable bonds is 4. The lowest BCUT2D eigenvalue weighted by atomic mass is 10.3. The van der Waals surface area contributed by atoms with E-state index in [2.05, 4.69) is 10.3 Å². The van der Waals surface area contributed by atoms with E-state index in [1.165, 1.54) is 0 Å². The first kappa shape index (κ1) is 11.8. The Morgan fingerprint density at radius 2 is 2.29 bits per heavy atom. The molecule has 0 unspecified atom stereocenters. The predicted molar refractivity (Wildman–Crippen MR) is 68.5 cm³/mol. The molecule has 2 rings (SSSR count). The van der Waals surface area contributed by atoms with E-state index in [1.807, 2.05) is 29.9 Å². The van der Waals surface area contributed by atoms with E-state index in [0.717, 1.165) is 17.3 Å². The summed E-state index contributed by atoms with van der Waals surface area (Å²) in [7, 11) is 3.59. The van der Waals surface area contributed by atoms with Gasteiger partial charge in [-0.05, 0) is 18.2 Å². The summed E-state index contributed by atoms with van der Waals surface area (Å²) >= 11 is 5.95. The maximum absolute atomic E-state index is 5.95. The second kappa shape index (κ2) is 5.10. The summed E-state index contributed by atoms with van der Waals surface area (Å²) in [6, 6.07) is 5.47. The van der Waals surface area contributed by atoms with Crippen molar-refractivity contribution < 1.29 is 4.74 Å². The van der Waals surface area contributed by atoms with Crippen LogP contribution in [0.5, 0.6) is 5.75 Å². The third-order valence-electron chi connectivity index (χ3n) is 2.52. The van der Waals surface area contributed by atoms with E-state index in [9.17, 15) is 0 Å². The molecule has 0 fully saturated rings. The monoisotopic (exact) mass is 251 g/mol. The Morgan fingerprint density at radius 1 is 1.47 bits per heavy atom. The lowest BCUT2D eigenvalue weighted by Gasteiger charge is -2.11. The van der Waals surface area contributed by atoms with Crippen LogP contribution in [0.15, 0.2) is 30.6 Å². The first-order valence-electron chi connectivity index (χ1n) is 5.24. The molecule has 1 aromatic carbocycles. The van der Waals surface area contributed by atoms with Gasteiger partial charge in [0.15, 0.2) is 0 Å². The summed E-state index contributed by atoms with van der Waals surface area (Å²) in [5.74, 6) is 1.72. The third-order valence-corrected chi connectivity index (χ3v) is 2.75. The standard InChI is InChI=1S/C12H14ClN3O/c1-16-6-5-14-12(16)8-15-10-7-9(13)3-4-11(10)17-2/h3-7,15H,8H2,1-2H3. The summed E-state index contributed by atoms with van der Waals surface area (Å²) in [5.41, 5.74) is 0.864. The molecule has 0 aliphatic carbocycles. The largest absolute Gasteiger partial charge is 0.495 e. The second-order valence-corrected chi connectivity index (χ2v) is 4.09. The molecule has 90 valence electrons. The van der Waals surface area contributed by atoms with Crippen LogP contribution in [-0.4, -0.2) is 16.7 Å². The number of imidazole rings is 1. The number of benzene rings is 1. The van der Waals surface area contributed by atoms with Crippen LogP contribution in [0, 0.1) is 0 Å². The van der Waals surface area contributed by atoms with E-state index < -0.39 is 0 Å². The Morgan fingerprint density at radius 3 is 2.94 bits per heavy atom. The maximum Gasteiger partial charge on any atom is 0.142 e. The van der Waals surface area contributed by atoms with Gasteiger partial charge in [-0.2, -0.15) is 0 Å². The maximum atomic E-state index is 5.95. The van der Waals surface area contributed by atoms with E-state index in [0.29, 0.717) is 11.6 Å². The van der Waals surface area contributed by atoms with Crippen molar-refractivity contribution in [1.29, 1.82) is 0 Å². The molecule has 1 aromatic heterocycles. The summed E-state index contributed by atoms with van der Waals surface area (Å²) in [6.07, 6.45) is 3.68. The fourth-order valence-corrected chi connectivity index (χ4v) is 1.73. The first-order chi connectivity index (χ1) is 8.20. The van der Waals surface area contributed by atoms with E-state index >= 15 is 0 Å². The Kier molecular flexibility index (Phi) is 3.54. The van der Waals surface area contributed by atoms with Gasteiger partial charge in [-0.3, -0.25) is 0 Å². The molecule has 0 aliphatic rings. The highest BCUT2D eigenvalue weighted by atomic mass is 35.5. The molecule has 0 spiro atoms. The highest BCUT2D eigenvalue weighted by Gasteiger charge is 2.05. The lowest BCUT2D eigenvalue weighted by molar-refractivity contribution is 0.416. The Labute approximate surface area is 105 Å². The van der Waals surface area contributed by atoms with Gasteiger partial charge in [0.2, 0.25) is 0 Å². The van der Waals surface area contributed by atoms with Crippen molar-refractivity contribution >= 4 is 17.3 Å². The van der Waals surface area contributed by atoms with Gasteiger partial charge in [0.1, 0.15) is 11.6 Å². The van der Waals surface area contributed by atoms with Gasteiger partial charge >= 0.3 is 0 Å². The minimum absolute atomic E-state index is 0.625. The van der Waals surface area contributed by atoms with Gasteiger partial charge in [-0.1, -0.05) is 11.6 Å². The van der Waals surface area contributed by atoms with Crippen LogP contribution in [0.1, 0.15) is 5.82 Å². The van der Waals surface area contributed by atoms with Crippen molar-refractivity contribution in [2.45, 2.75) is 6.54 Å².